The largest absolute Gasteiger partial charge is 0.322 e. The highest BCUT2D eigenvalue weighted by Gasteiger charge is 2.19. The summed E-state index contributed by atoms with van der Waals surface area (Å²) < 4.78 is 29.3. The number of benzene rings is 2. The van der Waals surface area contributed by atoms with Crippen molar-refractivity contribution in [1.29, 1.82) is 0 Å². The Morgan fingerprint density at radius 3 is 2.83 bits per heavy atom. The molecule has 3 aromatic rings. The van der Waals surface area contributed by atoms with Gasteiger partial charge >= 0.3 is 0 Å². The number of anilines is 1. The van der Waals surface area contributed by atoms with Crippen LogP contribution < -0.4 is 10.0 Å². The number of aliphatic imine (C=N–C) groups is 1. The first-order valence-corrected chi connectivity index (χ1v) is 10.8. The number of carbonyl (C=O) groups is 1. The van der Waals surface area contributed by atoms with Crippen molar-refractivity contribution in [3.8, 4) is 0 Å². The minimum atomic E-state index is -3.75. The van der Waals surface area contributed by atoms with Gasteiger partial charge in [0.15, 0.2) is 0 Å². The highest BCUT2D eigenvalue weighted by molar-refractivity contribution is 7.90. The van der Waals surface area contributed by atoms with Gasteiger partial charge in [-0.05, 0) is 49.7 Å². The number of amides is 1. The smallest absolute Gasteiger partial charge is 0.262 e. The Morgan fingerprint density at radius 2 is 2.07 bits per heavy atom. The Morgan fingerprint density at radius 1 is 1.21 bits per heavy atom. The minimum absolute atomic E-state index is 0.0613. The van der Waals surface area contributed by atoms with Crippen LogP contribution in [-0.4, -0.2) is 41.7 Å². The zero-order chi connectivity index (χ0) is 20.4. The number of hydrogen-bond acceptors (Lipinski definition) is 6. The van der Waals surface area contributed by atoms with Crippen LogP contribution in [0.3, 0.4) is 0 Å². The van der Waals surface area contributed by atoms with Crippen LogP contribution in [0.2, 0.25) is 0 Å². The molecule has 2 N–H and O–H groups in total. The molecule has 1 amide bonds. The third-order valence-corrected chi connectivity index (χ3v) is 5.98. The predicted molar refractivity (Wildman–Crippen MR) is 109 cm³/mol. The molecule has 1 aromatic heterocycles. The second-order valence-corrected chi connectivity index (χ2v) is 8.31. The summed E-state index contributed by atoms with van der Waals surface area (Å²) in [6.45, 7) is 3.28. The van der Waals surface area contributed by atoms with Crippen LogP contribution >= 0.6 is 0 Å². The average molecular weight is 412 g/mol. The van der Waals surface area contributed by atoms with Crippen LogP contribution in [0.1, 0.15) is 30.1 Å². The maximum atomic E-state index is 12.6. The van der Waals surface area contributed by atoms with Gasteiger partial charge in [-0.2, -0.15) is 0 Å². The van der Waals surface area contributed by atoms with Gasteiger partial charge in [-0.3, -0.25) is 14.5 Å². The zero-order valence-electron chi connectivity index (χ0n) is 15.8. The molecule has 150 valence electrons. The summed E-state index contributed by atoms with van der Waals surface area (Å²) in [7, 11) is -3.75. The molecule has 9 nitrogen and oxygen atoms in total. The van der Waals surface area contributed by atoms with Gasteiger partial charge in [0.1, 0.15) is 11.4 Å². The lowest BCUT2D eigenvalue weighted by atomic mass is 10.2. The monoisotopic (exact) mass is 412 g/mol. The Balaban J connectivity index is 1.53. The van der Waals surface area contributed by atoms with E-state index in [1.165, 1.54) is 12.1 Å². The van der Waals surface area contributed by atoms with E-state index in [0.29, 0.717) is 42.1 Å². The average Bonchev–Trinajstić information content (AvgIpc) is 3.36. The molecule has 1 aliphatic rings. The van der Waals surface area contributed by atoms with Gasteiger partial charge in [0.2, 0.25) is 0 Å². The molecule has 29 heavy (non-hydrogen) atoms. The minimum Gasteiger partial charge on any atom is -0.322 e. The summed E-state index contributed by atoms with van der Waals surface area (Å²) in [5.41, 5.74) is 2.26. The lowest BCUT2D eigenvalue weighted by molar-refractivity contribution is 0.102. The highest BCUT2D eigenvalue weighted by atomic mass is 32.2. The van der Waals surface area contributed by atoms with Crippen LogP contribution in [0, 0.1) is 0 Å². The van der Waals surface area contributed by atoms with E-state index < -0.39 is 10.0 Å². The maximum Gasteiger partial charge on any atom is 0.262 e. The fraction of sp³-hybridized carbons (Fsp3) is 0.263. The first-order valence-electron chi connectivity index (χ1n) is 9.27. The SMILES string of the molecule is CCn1nnc2cc(C(=O)Nc3cccc(S(=O)(=O)NC4=NCCC4)c3)ccc21. The third-order valence-electron chi connectivity index (χ3n) is 4.60. The molecule has 0 fully saturated rings. The van der Waals surface area contributed by atoms with Gasteiger partial charge in [0.25, 0.3) is 15.9 Å². The van der Waals surface area contributed by atoms with E-state index >= 15 is 0 Å². The molecule has 4 rings (SSSR count). The van der Waals surface area contributed by atoms with E-state index in [2.05, 4.69) is 25.3 Å². The number of aromatic nitrogens is 3. The zero-order valence-corrected chi connectivity index (χ0v) is 16.6. The Kier molecular flexibility index (Phi) is 5.01. The van der Waals surface area contributed by atoms with Crippen molar-refractivity contribution >= 4 is 38.5 Å². The number of fused-ring (bicyclic) bond motifs is 1. The molecule has 2 aromatic carbocycles. The van der Waals surface area contributed by atoms with Gasteiger partial charge in [-0.25, -0.2) is 13.1 Å². The second kappa shape index (κ2) is 7.63. The first kappa shape index (κ1) is 19.1. The van der Waals surface area contributed by atoms with Crippen molar-refractivity contribution in [3.63, 3.8) is 0 Å². The highest BCUT2D eigenvalue weighted by Crippen LogP contribution is 2.19. The van der Waals surface area contributed by atoms with Gasteiger partial charge in [-0.15, -0.1) is 5.10 Å². The molecular formula is C19H20N6O3S. The number of rotatable bonds is 5. The normalized spacial score (nSPS) is 14.0. The topological polar surface area (TPSA) is 118 Å². The maximum absolute atomic E-state index is 12.6. The van der Waals surface area contributed by atoms with Crippen molar-refractivity contribution in [2.75, 3.05) is 11.9 Å². The molecule has 0 unspecified atom stereocenters. The summed E-state index contributed by atoms with van der Waals surface area (Å²) in [4.78, 5) is 16.8. The number of hydrogen-bond donors (Lipinski definition) is 2. The number of carbonyl (C=O) groups excluding carboxylic acids is 1. The standard InChI is InChI=1S/C19H20N6O3S/c1-2-25-17-9-8-13(11-16(17)22-24-25)19(26)21-14-5-3-6-15(12-14)29(27,28)23-18-7-4-10-20-18/h3,5-6,8-9,11-12H,2,4,7,10H2,1H3,(H,20,23)(H,21,26). The molecule has 0 atom stereocenters. The van der Waals surface area contributed by atoms with Crippen molar-refractivity contribution in [2.45, 2.75) is 31.2 Å². The molecule has 0 aliphatic carbocycles. The molecule has 0 radical (unpaired) electrons. The second-order valence-electron chi connectivity index (χ2n) is 6.63. The molecular weight excluding hydrogens is 392 g/mol. The van der Waals surface area contributed by atoms with E-state index in [0.717, 1.165) is 11.9 Å². The molecule has 0 spiro atoms. The summed E-state index contributed by atoms with van der Waals surface area (Å²) in [5, 5.41) is 10.8. The number of amidine groups is 1. The van der Waals surface area contributed by atoms with Crippen molar-refractivity contribution in [2.24, 2.45) is 4.99 Å². The summed E-state index contributed by atoms with van der Waals surface area (Å²) in [6, 6.07) is 11.2. The van der Waals surface area contributed by atoms with Gasteiger partial charge in [-0.1, -0.05) is 11.3 Å². The molecule has 1 aliphatic heterocycles. The fourth-order valence-electron chi connectivity index (χ4n) is 3.13. The number of nitrogens with one attached hydrogen (secondary N) is 2. The fourth-order valence-corrected chi connectivity index (χ4v) is 4.26. The van der Waals surface area contributed by atoms with Crippen LogP contribution in [0.25, 0.3) is 11.0 Å². The Labute approximate surface area is 167 Å². The molecule has 0 saturated heterocycles. The van der Waals surface area contributed by atoms with Gasteiger partial charge < -0.3 is 5.32 Å². The van der Waals surface area contributed by atoms with Crippen molar-refractivity contribution in [1.82, 2.24) is 19.7 Å². The summed E-state index contributed by atoms with van der Waals surface area (Å²) >= 11 is 0. The lowest BCUT2D eigenvalue weighted by Crippen LogP contribution is -2.29. The first-order chi connectivity index (χ1) is 14.0. The summed E-state index contributed by atoms with van der Waals surface area (Å²) in [5.74, 6) is 0.105. The van der Waals surface area contributed by atoms with E-state index in [-0.39, 0.29) is 10.8 Å². The molecule has 10 heteroatoms. The van der Waals surface area contributed by atoms with Crippen LogP contribution in [0.5, 0.6) is 0 Å². The lowest BCUT2D eigenvalue weighted by Gasteiger charge is -2.10. The Hall–Kier alpha value is -3.27. The van der Waals surface area contributed by atoms with Crippen LogP contribution in [-0.2, 0) is 16.6 Å². The van der Waals surface area contributed by atoms with Crippen molar-refractivity contribution < 1.29 is 13.2 Å². The van der Waals surface area contributed by atoms with Crippen LogP contribution in [0.4, 0.5) is 5.69 Å². The molecule has 0 saturated carbocycles. The quantitative estimate of drug-likeness (QED) is 0.666. The molecule has 2 heterocycles. The number of aryl methyl sites for hydroxylation is 1. The predicted octanol–water partition coefficient (Wildman–Crippen LogP) is 2.17. The van der Waals surface area contributed by atoms with Gasteiger partial charge in [0.05, 0.1) is 10.4 Å². The summed E-state index contributed by atoms with van der Waals surface area (Å²) in [6.07, 6.45) is 1.45. The van der Waals surface area contributed by atoms with E-state index in [1.54, 1.807) is 35.0 Å². The Bertz CT molecular complexity index is 1220. The van der Waals surface area contributed by atoms with Crippen molar-refractivity contribution in [3.05, 3.63) is 48.0 Å². The van der Waals surface area contributed by atoms with Gasteiger partial charge in [0, 0.05) is 30.8 Å². The van der Waals surface area contributed by atoms with E-state index in [9.17, 15) is 13.2 Å². The van der Waals surface area contributed by atoms with E-state index in [1.807, 2.05) is 6.92 Å². The third kappa shape index (κ3) is 3.97. The number of nitrogens with zero attached hydrogens (tertiary/aromatic N) is 4. The van der Waals surface area contributed by atoms with E-state index in [4.69, 9.17) is 0 Å². The van der Waals surface area contributed by atoms with Crippen LogP contribution in [0.15, 0.2) is 52.4 Å². The number of sulfonamides is 1. The molecule has 0 bridgehead atoms.